The smallest absolute Gasteiger partial charge is 0.309 e. The van der Waals surface area contributed by atoms with Gasteiger partial charge in [-0.3, -0.25) is 9.78 Å². The van der Waals surface area contributed by atoms with E-state index in [9.17, 15) is 4.79 Å². The van der Waals surface area contributed by atoms with Crippen molar-refractivity contribution in [1.29, 1.82) is 0 Å². The molecule has 33 heavy (non-hydrogen) atoms. The number of benzene rings is 1. The standard InChI is InChI=1S/C27H29N3O3/c1-17-26(18(2)33-29-17)22-13-24-27(28-14-22)23(16-30(24)15-20-6-4-5-7-20)21-10-8-19(9-11-21)12-25(31)32-3/h8-11,13-14,16,20H,4-7,12,15H2,1-3H3. The Morgan fingerprint density at radius 3 is 2.58 bits per heavy atom. The molecule has 5 rings (SSSR count). The zero-order valence-electron chi connectivity index (χ0n) is 19.4. The lowest BCUT2D eigenvalue weighted by Gasteiger charge is -2.12. The minimum atomic E-state index is -0.232. The molecule has 3 heterocycles. The van der Waals surface area contributed by atoms with Crippen LogP contribution in [0.3, 0.4) is 0 Å². The van der Waals surface area contributed by atoms with Crippen LogP contribution >= 0.6 is 0 Å². The van der Waals surface area contributed by atoms with Gasteiger partial charge in [-0.1, -0.05) is 42.3 Å². The van der Waals surface area contributed by atoms with Crippen molar-refractivity contribution in [2.24, 2.45) is 5.92 Å². The number of hydrogen-bond acceptors (Lipinski definition) is 5. The van der Waals surface area contributed by atoms with Gasteiger partial charge in [0.05, 0.1) is 30.3 Å². The van der Waals surface area contributed by atoms with Crippen molar-refractivity contribution in [3.63, 3.8) is 0 Å². The third kappa shape index (κ3) is 4.17. The average molecular weight is 444 g/mol. The van der Waals surface area contributed by atoms with Crippen LogP contribution in [0.25, 0.3) is 33.3 Å². The summed E-state index contributed by atoms with van der Waals surface area (Å²) in [6, 6.07) is 10.3. The SMILES string of the molecule is COC(=O)Cc1ccc(-c2cn(CC3CCCC3)c3cc(-c4c(C)noc4C)cnc23)cc1. The number of hydrogen-bond donors (Lipinski definition) is 0. The van der Waals surface area contributed by atoms with Crippen LogP contribution in [0.5, 0.6) is 0 Å². The van der Waals surface area contributed by atoms with Gasteiger partial charge in [-0.2, -0.15) is 0 Å². The second-order valence-corrected chi connectivity index (χ2v) is 9.09. The predicted octanol–water partition coefficient (Wildman–Crippen LogP) is 5.88. The molecule has 0 aliphatic heterocycles. The van der Waals surface area contributed by atoms with Gasteiger partial charge in [0, 0.05) is 35.6 Å². The molecule has 170 valence electrons. The van der Waals surface area contributed by atoms with Crippen molar-refractivity contribution in [3.8, 4) is 22.3 Å². The number of rotatable bonds is 6. The zero-order chi connectivity index (χ0) is 22.9. The Morgan fingerprint density at radius 2 is 1.91 bits per heavy atom. The van der Waals surface area contributed by atoms with Gasteiger partial charge in [0.2, 0.25) is 0 Å². The average Bonchev–Trinajstić information content (AvgIpc) is 3.54. The summed E-state index contributed by atoms with van der Waals surface area (Å²) in [4.78, 5) is 16.5. The van der Waals surface area contributed by atoms with Crippen LogP contribution in [0.1, 0.15) is 42.7 Å². The van der Waals surface area contributed by atoms with Crippen LogP contribution in [-0.4, -0.2) is 27.8 Å². The van der Waals surface area contributed by atoms with E-state index in [0.717, 1.165) is 56.8 Å². The summed E-state index contributed by atoms with van der Waals surface area (Å²) in [5.41, 5.74) is 8.20. The molecule has 1 aliphatic rings. The second kappa shape index (κ2) is 8.85. The van der Waals surface area contributed by atoms with E-state index in [1.165, 1.54) is 32.8 Å². The number of carbonyl (C=O) groups excluding carboxylic acids is 1. The third-order valence-corrected chi connectivity index (χ3v) is 6.81. The Balaban J connectivity index is 1.58. The van der Waals surface area contributed by atoms with E-state index in [1.54, 1.807) is 0 Å². The van der Waals surface area contributed by atoms with Gasteiger partial charge in [-0.05, 0) is 49.8 Å². The van der Waals surface area contributed by atoms with Crippen LogP contribution in [0.15, 0.2) is 47.2 Å². The molecule has 0 spiro atoms. The Bertz CT molecular complexity index is 1270. The maximum Gasteiger partial charge on any atom is 0.309 e. The number of esters is 1. The summed E-state index contributed by atoms with van der Waals surface area (Å²) in [7, 11) is 1.42. The monoisotopic (exact) mass is 443 g/mol. The van der Waals surface area contributed by atoms with Gasteiger partial charge in [-0.25, -0.2) is 0 Å². The fraction of sp³-hybridized carbons (Fsp3) is 0.370. The number of carbonyl (C=O) groups is 1. The van der Waals surface area contributed by atoms with Gasteiger partial charge in [-0.15, -0.1) is 0 Å². The molecular weight excluding hydrogens is 414 g/mol. The van der Waals surface area contributed by atoms with Gasteiger partial charge < -0.3 is 13.8 Å². The van der Waals surface area contributed by atoms with Crippen molar-refractivity contribution >= 4 is 17.0 Å². The number of fused-ring (bicyclic) bond motifs is 1. The summed E-state index contributed by atoms with van der Waals surface area (Å²) in [6.07, 6.45) is 9.65. The van der Waals surface area contributed by atoms with E-state index in [1.807, 2.05) is 32.2 Å². The fourth-order valence-electron chi connectivity index (χ4n) is 5.07. The molecule has 6 heteroatoms. The lowest BCUT2D eigenvalue weighted by molar-refractivity contribution is -0.139. The van der Waals surface area contributed by atoms with Crippen LogP contribution < -0.4 is 0 Å². The number of nitrogens with zero attached hydrogens (tertiary/aromatic N) is 3. The fourth-order valence-corrected chi connectivity index (χ4v) is 5.07. The summed E-state index contributed by atoms with van der Waals surface area (Å²) < 4.78 is 12.6. The van der Waals surface area contributed by atoms with Crippen LogP contribution in [0.2, 0.25) is 0 Å². The molecule has 0 atom stereocenters. The van der Waals surface area contributed by atoms with Crippen LogP contribution in [-0.2, 0) is 22.5 Å². The number of pyridine rings is 1. The molecule has 1 aromatic carbocycles. The topological polar surface area (TPSA) is 70.2 Å². The quantitative estimate of drug-likeness (QED) is 0.348. The van der Waals surface area contributed by atoms with Crippen molar-refractivity contribution in [1.82, 2.24) is 14.7 Å². The first-order chi connectivity index (χ1) is 16.0. The summed E-state index contributed by atoms with van der Waals surface area (Å²) in [5.74, 6) is 1.28. The first-order valence-corrected chi connectivity index (χ1v) is 11.6. The van der Waals surface area contributed by atoms with Crippen molar-refractivity contribution in [2.75, 3.05) is 7.11 Å². The lowest BCUT2D eigenvalue weighted by atomic mass is 10.0. The predicted molar refractivity (Wildman–Crippen MR) is 128 cm³/mol. The minimum absolute atomic E-state index is 0.232. The highest BCUT2D eigenvalue weighted by molar-refractivity contribution is 5.95. The Kier molecular flexibility index (Phi) is 5.75. The number of methoxy groups -OCH3 is 1. The van der Waals surface area contributed by atoms with Crippen LogP contribution in [0, 0.1) is 19.8 Å². The minimum Gasteiger partial charge on any atom is -0.469 e. The van der Waals surface area contributed by atoms with Gasteiger partial charge in [0.1, 0.15) is 5.76 Å². The third-order valence-electron chi connectivity index (χ3n) is 6.81. The number of aryl methyl sites for hydroxylation is 2. The maximum atomic E-state index is 11.6. The largest absolute Gasteiger partial charge is 0.469 e. The molecule has 1 saturated carbocycles. The number of ether oxygens (including phenoxy) is 1. The van der Waals surface area contributed by atoms with Crippen LogP contribution in [0.4, 0.5) is 0 Å². The molecule has 0 radical (unpaired) electrons. The van der Waals surface area contributed by atoms with E-state index in [4.69, 9.17) is 14.2 Å². The lowest BCUT2D eigenvalue weighted by Crippen LogP contribution is -2.06. The molecule has 4 aromatic rings. The van der Waals surface area contributed by atoms with Crippen molar-refractivity contribution in [2.45, 2.75) is 52.5 Å². The van der Waals surface area contributed by atoms with E-state index in [2.05, 4.69) is 34.1 Å². The van der Waals surface area contributed by atoms with Crippen molar-refractivity contribution in [3.05, 3.63) is 59.7 Å². The van der Waals surface area contributed by atoms with E-state index < -0.39 is 0 Å². The first kappa shape index (κ1) is 21.4. The highest BCUT2D eigenvalue weighted by Crippen LogP contribution is 2.36. The van der Waals surface area contributed by atoms with E-state index in [0.29, 0.717) is 5.92 Å². The maximum absolute atomic E-state index is 11.6. The first-order valence-electron chi connectivity index (χ1n) is 11.6. The summed E-state index contributed by atoms with van der Waals surface area (Å²) in [5, 5.41) is 4.12. The molecule has 0 N–H and O–H groups in total. The molecule has 0 bridgehead atoms. The Hall–Kier alpha value is -3.41. The normalized spacial score (nSPS) is 14.3. The molecule has 0 saturated heterocycles. The Labute approximate surface area is 193 Å². The van der Waals surface area contributed by atoms with Gasteiger partial charge in [0.15, 0.2) is 0 Å². The van der Waals surface area contributed by atoms with E-state index >= 15 is 0 Å². The molecule has 1 aliphatic carbocycles. The molecule has 6 nitrogen and oxygen atoms in total. The second-order valence-electron chi connectivity index (χ2n) is 9.09. The van der Waals surface area contributed by atoms with E-state index in [-0.39, 0.29) is 12.4 Å². The zero-order valence-corrected chi connectivity index (χ0v) is 19.4. The summed E-state index contributed by atoms with van der Waals surface area (Å²) in [6.45, 7) is 4.91. The van der Waals surface area contributed by atoms with Gasteiger partial charge >= 0.3 is 5.97 Å². The summed E-state index contributed by atoms with van der Waals surface area (Å²) >= 11 is 0. The van der Waals surface area contributed by atoms with Gasteiger partial charge in [0.25, 0.3) is 0 Å². The molecule has 3 aromatic heterocycles. The Morgan fingerprint density at radius 1 is 1.15 bits per heavy atom. The highest BCUT2D eigenvalue weighted by atomic mass is 16.5. The molecular formula is C27H29N3O3. The molecule has 1 fully saturated rings. The number of aromatic nitrogens is 3. The highest BCUT2D eigenvalue weighted by Gasteiger charge is 2.20. The molecule has 0 amide bonds. The molecule has 0 unspecified atom stereocenters. The van der Waals surface area contributed by atoms with Crippen molar-refractivity contribution < 1.29 is 14.1 Å².